The largest absolute Gasteiger partial charge is 0.262 e. The first-order chi connectivity index (χ1) is 6.31. The van der Waals surface area contributed by atoms with Crippen molar-refractivity contribution in [3.05, 3.63) is 22.1 Å². The lowest BCUT2D eigenvalue weighted by Crippen LogP contribution is -1.80. The molecule has 3 nitrogen and oxygen atoms in total. The predicted octanol–water partition coefficient (Wildman–Crippen LogP) is 2.58. The molecule has 0 aliphatic heterocycles. The van der Waals surface area contributed by atoms with Crippen LogP contribution in [0.15, 0.2) is 10.8 Å². The number of nitrogens with one attached hydrogen (secondary N) is 1. The van der Waals surface area contributed by atoms with Crippen LogP contribution in [0.25, 0.3) is 11.4 Å². The van der Waals surface area contributed by atoms with Gasteiger partial charge in [0.25, 0.3) is 0 Å². The summed E-state index contributed by atoms with van der Waals surface area (Å²) in [5.74, 6) is 1.81. The highest BCUT2D eigenvalue weighted by atomic mass is 35.5. The van der Waals surface area contributed by atoms with E-state index in [0.29, 0.717) is 11.7 Å². The van der Waals surface area contributed by atoms with Gasteiger partial charge in [0.05, 0.1) is 5.88 Å². The Morgan fingerprint density at radius 2 is 2.38 bits per heavy atom. The lowest BCUT2D eigenvalue weighted by atomic mass is 10.2. The summed E-state index contributed by atoms with van der Waals surface area (Å²) in [6.07, 6.45) is 0. The van der Waals surface area contributed by atoms with E-state index in [0.717, 1.165) is 11.4 Å². The van der Waals surface area contributed by atoms with E-state index < -0.39 is 0 Å². The minimum Gasteiger partial charge on any atom is -0.262 e. The van der Waals surface area contributed by atoms with Crippen molar-refractivity contribution in [1.82, 2.24) is 15.2 Å². The zero-order chi connectivity index (χ0) is 9.26. The summed E-state index contributed by atoms with van der Waals surface area (Å²) in [6.45, 7) is 2.04. The minimum absolute atomic E-state index is 0.371. The molecule has 5 heteroatoms. The molecule has 0 saturated heterocycles. The van der Waals surface area contributed by atoms with Crippen LogP contribution in [0.4, 0.5) is 0 Å². The molecular weight excluding hydrogens is 206 g/mol. The summed E-state index contributed by atoms with van der Waals surface area (Å²) >= 11 is 7.26. The van der Waals surface area contributed by atoms with Gasteiger partial charge in [0.15, 0.2) is 5.82 Å². The van der Waals surface area contributed by atoms with Crippen molar-refractivity contribution in [3.8, 4) is 11.4 Å². The van der Waals surface area contributed by atoms with E-state index in [4.69, 9.17) is 11.6 Å². The first-order valence-corrected chi connectivity index (χ1v) is 5.29. The lowest BCUT2D eigenvalue weighted by Gasteiger charge is -1.89. The van der Waals surface area contributed by atoms with Crippen molar-refractivity contribution in [3.63, 3.8) is 0 Å². The molecular formula is C8H8ClN3S. The Kier molecular flexibility index (Phi) is 2.33. The molecule has 0 atom stereocenters. The van der Waals surface area contributed by atoms with E-state index in [1.165, 1.54) is 5.56 Å². The van der Waals surface area contributed by atoms with Crippen LogP contribution in [0.1, 0.15) is 11.4 Å². The van der Waals surface area contributed by atoms with Crippen LogP contribution in [0.5, 0.6) is 0 Å². The Morgan fingerprint density at radius 1 is 1.54 bits per heavy atom. The molecule has 0 unspecified atom stereocenters. The maximum absolute atomic E-state index is 5.61. The van der Waals surface area contributed by atoms with Gasteiger partial charge in [0, 0.05) is 10.9 Å². The second kappa shape index (κ2) is 3.47. The average molecular weight is 214 g/mol. The van der Waals surface area contributed by atoms with Crippen LogP contribution in [-0.4, -0.2) is 15.2 Å². The van der Waals surface area contributed by atoms with Gasteiger partial charge in [-0.25, -0.2) is 4.98 Å². The van der Waals surface area contributed by atoms with Crippen molar-refractivity contribution >= 4 is 22.9 Å². The number of aromatic nitrogens is 3. The molecule has 1 N–H and O–H groups in total. The third-order valence-electron chi connectivity index (χ3n) is 1.75. The van der Waals surface area contributed by atoms with Crippen LogP contribution >= 0.6 is 22.9 Å². The molecule has 0 spiro atoms. The first kappa shape index (κ1) is 8.72. The summed E-state index contributed by atoms with van der Waals surface area (Å²) in [5.41, 5.74) is 2.28. The SMILES string of the molecule is Cc1cscc1-c1n[nH]c(CCl)n1. The van der Waals surface area contributed by atoms with Gasteiger partial charge in [0.2, 0.25) is 0 Å². The second-order valence-corrected chi connectivity index (χ2v) is 3.72. The molecule has 2 heterocycles. The number of hydrogen-bond acceptors (Lipinski definition) is 3. The summed E-state index contributed by atoms with van der Waals surface area (Å²) in [7, 11) is 0. The highest BCUT2D eigenvalue weighted by Gasteiger charge is 2.08. The van der Waals surface area contributed by atoms with Gasteiger partial charge in [0.1, 0.15) is 5.82 Å². The van der Waals surface area contributed by atoms with Gasteiger partial charge in [-0.15, -0.1) is 11.6 Å². The van der Waals surface area contributed by atoms with E-state index in [-0.39, 0.29) is 0 Å². The molecule has 13 heavy (non-hydrogen) atoms. The van der Waals surface area contributed by atoms with Crippen molar-refractivity contribution < 1.29 is 0 Å². The summed E-state index contributed by atoms with van der Waals surface area (Å²) in [5, 5.41) is 11.0. The van der Waals surface area contributed by atoms with Gasteiger partial charge in [-0.1, -0.05) is 0 Å². The van der Waals surface area contributed by atoms with E-state index in [2.05, 4.69) is 20.6 Å². The molecule has 2 rings (SSSR count). The summed E-state index contributed by atoms with van der Waals surface area (Å²) in [4.78, 5) is 4.24. The molecule has 0 saturated carbocycles. The van der Waals surface area contributed by atoms with Crippen LogP contribution in [0, 0.1) is 6.92 Å². The van der Waals surface area contributed by atoms with Gasteiger partial charge >= 0.3 is 0 Å². The third-order valence-corrected chi connectivity index (χ3v) is 2.87. The lowest BCUT2D eigenvalue weighted by molar-refractivity contribution is 1.02. The maximum Gasteiger partial charge on any atom is 0.182 e. The fraction of sp³-hybridized carbons (Fsp3) is 0.250. The Balaban J connectivity index is 2.41. The molecule has 0 radical (unpaired) electrons. The molecule has 0 bridgehead atoms. The minimum atomic E-state index is 0.371. The molecule has 0 aliphatic carbocycles. The number of aromatic amines is 1. The highest BCUT2D eigenvalue weighted by molar-refractivity contribution is 7.08. The van der Waals surface area contributed by atoms with E-state index >= 15 is 0 Å². The van der Waals surface area contributed by atoms with E-state index in [1.54, 1.807) is 11.3 Å². The molecule has 0 aliphatic rings. The summed E-state index contributed by atoms with van der Waals surface area (Å²) < 4.78 is 0. The quantitative estimate of drug-likeness (QED) is 0.780. The van der Waals surface area contributed by atoms with E-state index in [9.17, 15) is 0 Å². The highest BCUT2D eigenvalue weighted by Crippen LogP contribution is 2.23. The molecule has 0 fully saturated rings. The van der Waals surface area contributed by atoms with Crippen LogP contribution in [0.2, 0.25) is 0 Å². The summed E-state index contributed by atoms with van der Waals surface area (Å²) in [6, 6.07) is 0. The fourth-order valence-corrected chi connectivity index (χ4v) is 2.01. The number of halogens is 1. The zero-order valence-electron chi connectivity index (χ0n) is 7.04. The number of nitrogens with zero attached hydrogens (tertiary/aromatic N) is 2. The normalized spacial score (nSPS) is 10.6. The Morgan fingerprint density at radius 3 is 2.92 bits per heavy atom. The van der Waals surface area contributed by atoms with Gasteiger partial charge < -0.3 is 0 Å². The number of rotatable bonds is 2. The standard InChI is InChI=1S/C8H8ClN3S/c1-5-3-13-4-6(5)8-10-7(2-9)11-12-8/h3-4H,2H2,1H3,(H,10,11,12). The average Bonchev–Trinajstić information content (AvgIpc) is 2.71. The molecule has 2 aromatic rings. The van der Waals surface area contributed by atoms with Crippen LogP contribution in [0.3, 0.4) is 0 Å². The Bertz CT molecular complexity index is 407. The molecule has 2 aromatic heterocycles. The second-order valence-electron chi connectivity index (χ2n) is 2.71. The number of aryl methyl sites for hydroxylation is 1. The number of hydrogen-bond donors (Lipinski definition) is 1. The van der Waals surface area contributed by atoms with E-state index in [1.807, 2.05) is 12.3 Å². The number of alkyl halides is 1. The van der Waals surface area contributed by atoms with Gasteiger partial charge in [-0.05, 0) is 17.9 Å². The zero-order valence-corrected chi connectivity index (χ0v) is 8.61. The van der Waals surface area contributed by atoms with Crippen molar-refractivity contribution in [1.29, 1.82) is 0 Å². The van der Waals surface area contributed by atoms with Crippen molar-refractivity contribution in [2.75, 3.05) is 0 Å². The van der Waals surface area contributed by atoms with Gasteiger partial charge in [-0.2, -0.15) is 16.4 Å². The Hall–Kier alpha value is -0.870. The smallest absolute Gasteiger partial charge is 0.182 e. The number of thiophene rings is 1. The third kappa shape index (κ3) is 1.59. The van der Waals surface area contributed by atoms with Crippen LogP contribution in [-0.2, 0) is 5.88 Å². The fourth-order valence-electron chi connectivity index (χ4n) is 1.07. The van der Waals surface area contributed by atoms with Gasteiger partial charge in [-0.3, -0.25) is 5.10 Å². The Labute approximate surface area is 84.8 Å². The topological polar surface area (TPSA) is 41.6 Å². The molecule has 0 amide bonds. The predicted molar refractivity (Wildman–Crippen MR) is 54.0 cm³/mol. The molecule has 0 aromatic carbocycles. The molecule has 68 valence electrons. The van der Waals surface area contributed by atoms with Crippen molar-refractivity contribution in [2.24, 2.45) is 0 Å². The first-order valence-electron chi connectivity index (χ1n) is 3.81. The number of H-pyrrole nitrogens is 1. The van der Waals surface area contributed by atoms with Crippen LogP contribution < -0.4 is 0 Å². The maximum atomic E-state index is 5.61. The van der Waals surface area contributed by atoms with Crippen molar-refractivity contribution in [2.45, 2.75) is 12.8 Å². The monoisotopic (exact) mass is 213 g/mol.